The molecule has 5 heteroatoms. The Morgan fingerprint density at radius 3 is 2.81 bits per heavy atom. The number of amides is 1. The number of halogens is 1. The van der Waals surface area contributed by atoms with Crippen LogP contribution in [-0.2, 0) is 17.6 Å². The molecule has 4 N–H and O–H groups in total. The van der Waals surface area contributed by atoms with E-state index < -0.39 is 0 Å². The second kappa shape index (κ2) is 8.05. The highest BCUT2D eigenvalue weighted by Gasteiger charge is 2.10. The number of rotatable bonds is 6. The van der Waals surface area contributed by atoms with Crippen molar-refractivity contribution in [1.29, 1.82) is 0 Å². The number of aromatic amines is 1. The molecule has 0 aliphatic carbocycles. The van der Waals surface area contributed by atoms with E-state index >= 15 is 0 Å². The third kappa shape index (κ3) is 3.99. The van der Waals surface area contributed by atoms with E-state index in [1.165, 1.54) is 22.0 Å². The average molecular weight is 310 g/mol. The molecule has 1 aromatic carbocycles. The highest BCUT2D eigenvalue weighted by Crippen LogP contribution is 2.22. The number of aromatic nitrogens is 1. The summed E-state index contributed by atoms with van der Waals surface area (Å²) in [5.74, 6) is -0.0914. The summed E-state index contributed by atoms with van der Waals surface area (Å²) in [6.45, 7) is 5.03. The van der Waals surface area contributed by atoms with Crippen molar-refractivity contribution in [2.45, 2.75) is 26.7 Å². The number of para-hydroxylation sites is 1. The second-order valence-electron chi connectivity index (χ2n) is 5.18. The van der Waals surface area contributed by atoms with Crippen LogP contribution in [0, 0.1) is 5.92 Å². The Balaban J connectivity index is 0.00000220. The lowest BCUT2D eigenvalue weighted by molar-refractivity contribution is -0.124. The van der Waals surface area contributed by atoms with Crippen LogP contribution in [0.25, 0.3) is 10.9 Å². The van der Waals surface area contributed by atoms with Gasteiger partial charge in [0, 0.05) is 36.1 Å². The van der Waals surface area contributed by atoms with E-state index in [2.05, 4.69) is 35.4 Å². The fourth-order valence-electron chi connectivity index (χ4n) is 2.38. The van der Waals surface area contributed by atoms with Gasteiger partial charge in [-0.15, -0.1) is 12.4 Å². The maximum Gasteiger partial charge on any atom is 0.224 e. The number of carbonyl (C=O) groups is 1. The number of aryl methyl sites for hydroxylation is 1. The second-order valence-corrected chi connectivity index (χ2v) is 5.18. The number of carbonyl (C=O) groups excluding carboxylic acids is 1. The van der Waals surface area contributed by atoms with Crippen LogP contribution in [0.2, 0.25) is 0 Å². The van der Waals surface area contributed by atoms with Crippen molar-refractivity contribution in [2.24, 2.45) is 11.7 Å². The van der Waals surface area contributed by atoms with Crippen LogP contribution in [0.5, 0.6) is 0 Å². The number of fused-ring (bicyclic) bond motifs is 1. The fraction of sp³-hybridized carbons (Fsp3) is 0.438. The molecule has 1 aromatic heterocycles. The topological polar surface area (TPSA) is 70.9 Å². The predicted octanol–water partition coefficient (Wildman–Crippen LogP) is 2.41. The molecule has 0 aliphatic rings. The lowest BCUT2D eigenvalue weighted by Gasteiger charge is -2.09. The van der Waals surface area contributed by atoms with Gasteiger partial charge in [0.25, 0.3) is 0 Å². The van der Waals surface area contributed by atoms with Crippen LogP contribution < -0.4 is 11.1 Å². The third-order valence-corrected chi connectivity index (χ3v) is 3.76. The van der Waals surface area contributed by atoms with Gasteiger partial charge < -0.3 is 16.0 Å². The van der Waals surface area contributed by atoms with Gasteiger partial charge in [0.2, 0.25) is 5.91 Å². The summed E-state index contributed by atoms with van der Waals surface area (Å²) in [5, 5.41) is 4.19. The molecule has 1 amide bonds. The van der Waals surface area contributed by atoms with Gasteiger partial charge in [-0.2, -0.15) is 0 Å². The molecule has 0 saturated carbocycles. The Labute approximate surface area is 131 Å². The van der Waals surface area contributed by atoms with E-state index in [1.54, 1.807) is 0 Å². The van der Waals surface area contributed by atoms with E-state index in [0.717, 1.165) is 12.8 Å². The van der Waals surface area contributed by atoms with Crippen LogP contribution in [0.15, 0.2) is 24.4 Å². The SMILES string of the molecule is CCc1cccc2c(CCNC(=O)C(C)CN)c[nH]c12.Cl. The van der Waals surface area contributed by atoms with Gasteiger partial charge in [-0.25, -0.2) is 0 Å². The van der Waals surface area contributed by atoms with Gasteiger partial charge >= 0.3 is 0 Å². The molecule has 0 bridgehead atoms. The molecule has 1 atom stereocenters. The molecule has 21 heavy (non-hydrogen) atoms. The van der Waals surface area contributed by atoms with Crippen molar-refractivity contribution < 1.29 is 4.79 Å². The first-order valence-corrected chi connectivity index (χ1v) is 7.23. The zero-order valence-corrected chi connectivity index (χ0v) is 13.4. The van der Waals surface area contributed by atoms with Crippen LogP contribution in [0.3, 0.4) is 0 Å². The number of nitrogens with two attached hydrogens (primary N) is 1. The van der Waals surface area contributed by atoms with Crippen molar-refractivity contribution in [3.05, 3.63) is 35.5 Å². The Hall–Kier alpha value is -1.52. The molecule has 2 aromatic rings. The Morgan fingerprint density at radius 2 is 2.14 bits per heavy atom. The maximum absolute atomic E-state index is 11.7. The van der Waals surface area contributed by atoms with Gasteiger partial charge in [-0.05, 0) is 24.0 Å². The Bertz CT molecular complexity index is 594. The van der Waals surface area contributed by atoms with Crippen LogP contribution in [0.4, 0.5) is 0 Å². The normalized spacial score (nSPS) is 12.0. The van der Waals surface area contributed by atoms with Crippen LogP contribution >= 0.6 is 12.4 Å². The smallest absolute Gasteiger partial charge is 0.224 e. The largest absolute Gasteiger partial charge is 0.361 e. The van der Waals surface area contributed by atoms with Crippen molar-refractivity contribution >= 4 is 29.2 Å². The number of hydrogen-bond donors (Lipinski definition) is 3. The lowest BCUT2D eigenvalue weighted by atomic mass is 10.1. The van der Waals surface area contributed by atoms with Gasteiger partial charge in [0.05, 0.1) is 0 Å². The first kappa shape index (κ1) is 17.5. The summed E-state index contributed by atoms with van der Waals surface area (Å²) in [6, 6.07) is 6.37. The van der Waals surface area contributed by atoms with Crippen molar-refractivity contribution in [2.75, 3.05) is 13.1 Å². The summed E-state index contributed by atoms with van der Waals surface area (Å²) in [7, 11) is 0. The third-order valence-electron chi connectivity index (χ3n) is 3.76. The molecule has 0 aliphatic heterocycles. The Morgan fingerprint density at radius 1 is 1.38 bits per heavy atom. The monoisotopic (exact) mass is 309 g/mol. The number of nitrogens with one attached hydrogen (secondary N) is 2. The van der Waals surface area contributed by atoms with Gasteiger partial charge in [0.1, 0.15) is 0 Å². The van der Waals surface area contributed by atoms with Crippen molar-refractivity contribution in [3.63, 3.8) is 0 Å². The molecule has 116 valence electrons. The molecule has 2 rings (SSSR count). The van der Waals surface area contributed by atoms with E-state index in [0.29, 0.717) is 13.1 Å². The van der Waals surface area contributed by atoms with Gasteiger partial charge in [-0.3, -0.25) is 4.79 Å². The molecule has 0 spiro atoms. The molecular weight excluding hydrogens is 286 g/mol. The minimum atomic E-state index is -0.121. The summed E-state index contributed by atoms with van der Waals surface area (Å²) in [4.78, 5) is 15.0. The van der Waals surface area contributed by atoms with Crippen LogP contribution in [-0.4, -0.2) is 24.0 Å². The van der Waals surface area contributed by atoms with Crippen molar-refractivity contribution in [3.8, 4) is 0 Å². The summed E-state index contributed by atoms with van der Waals surface area (Å²) in [6.07, 6.45) is 3.89. The van der Waals surface area contributed by atoms with Gasteiger partial charge in [-0.1, -0.05) is 32.0 Å². The first-order chi connectivity index (χ1) is 9.67. The summed E-state index contributed by atoms with van der Waals surface area (Å²) in [5.41, 5.74) is 9.27. The molecule has 1 unspecified atom stereocenters. The highest BCUT2D eigenvalue weighted by atomic mass is 35.5. The van der Waals surface area contributed by atoms with Gasteiger partial charge in [0.15, 0.2) is 0 Å². The molecule has 0 radical (unpaired) electrons. The summed E-state index contributed by atoms with van der Waals surface area (Å²) >= 11 is 0. The van der Waals surface area contributed by atoms with Crippen molar-refractivity contribution in [1.82, 2.24) is 10.3 Å². The minimum Gasteiger partial charge on any atom is -0.361 e. The van der Waals surface area contributed by atoms with E-state index in [1.807, 2.05) is 13.1 Å². The quantitative estimate of drug-likeness (QED) is 0.767. The number of benzene rings is 1. The highest BCUT2D eigenvalue weighted by molar-refractivity contribution is 5.86. The van der Waals surface area contributed by atoms with E-state index in [9.17, 15) is 4.79 Å². The standard InChI is InChI=1S/C16H23N3O.ClH/c1-3-12-5-4-6-14-13(10-19-15(12)14)7-8-18-16(20)11(2)9-17;/h4-6,10-11,19H,3,7-9,17H2,1-2H3,(H,18,20);1H. The maximum atomic E-state index is 11.7. The minimum absolute atomic E-state index is 0. The summed E-state index contributed by atoms with van der Waals surface area (Å²) < 4.78 is 0. The predicted molar refractivity (Wildman–Crippen MR) is 89.9 cm³/mol. The van der Waals surface area contributed by atoms with E-state index in [-0.39, 0.29) is 24.2 Å². The lowest BCUT2D eigenvalue weighted by Crippen LogP contribution is -2.34. The number of hydrogen-bond acceptors (Lipinski definition) is 2. The zero-order valence-electron chi connectivity index (χ0n) is 12.6. The average Bonchev–Trinajstić information content (AvgIpc) is 2.89. The van der Waals surface area contributed by atoms with Crippen LogP contribution in [0.1, 0.15) is 25.0 Å². The molecular formula is C16H24ClN3O. The molecule has 0 saturated heterocycles. The Kier molecular flexibility index (Phi) is 6.72. The fourth-order valence-corrected chi connectivity index (χ4v) is 2.38. The molecule has 1 heterocycles. The molecule has 0 fully saturated rings. The zero-order chi connectivity index (χ0) is 14.5. The van der Waals surface area contributed by atoms with E-state index in [4.69, 9.17) is 5.73 Å². The first-order valence-electron chi connectivity index (χ1n) is 7.23. The molecule has 4 nitrogen and oxygen atoms in total. The number of H-pyrrole nitrogens is 1.